The summed E-state index contributed by atoms with van der Waals surface area (Å²) in [5, 5.41) is 3.50. The van der Waals surface area contributed by atoms with Crippen LogP contribution in [0.1, 0.15) is 77.9 Å². The number of rotatable bonds is 5. The van der Waals surface area contributed by atoms with Crippen LogP contribution in [0.3, 0.4) is 0 Å². The van der Waals surface area contributed by atoms with Crippen molar-refractivity contribution < 1.29 is 9.59 Å². The first kappa shape index (κ1) is 24.7. The van der Waals surface area contributed by atoms with Crippen LogP contribution >= 0.6 is 27.5 Å². The molecule has 30 heavy (non-hydrogen) atoms. The highest BCUT2D eigenvalue weighted by Crippen LogP contribution is 2.36. The van der Waals surface area contributed by atoms with Crippen LogP contribution in [0.5, 0.6) is 0 Å². The minimum absolute atomic E-state index is 0.0150. The second-order valence-electron chi connectivity index (χ2n) is 7.71. The average molecular weight is 500 g/mol. The van der Waals surface area contributed by atoms with E-state index in [0.29, 0.717) is 11.6 Å². The van der Waals surface area contributed by atoms with Gasteiger partial charge in [-0.25, -0.2) is 4.98 Å². The fourth-order valence-electron chi connectivity index (χ4n) is 3.81. The van der Waals surface area contributed by atoms with Crippen molar-refractivity contribution in [3.8, 4) is 0 Å². The fraction of sp³-hybridized carbons (Fsp3) is 0.591. The molecule has 0 radical (unpaired) electrons. The minimum atomic E-state index is -0.523. The second-order valence-corrected chi connectivity index (χ2v) is 9.14. The molecule has 2 N–H and O–H groups in total. The Labute approximate surface area is 192 Å². The van der Waals surface area contributed by atoms with Crippen LogP contribution in [0.2, 0.25) is 0 Å². The van der Waals surface area contributed by atoms with Crippen LogP contribution in [-0.2, 0) is 9.59 Å². The van der Waals surface area contributed by atoms with Crippen LogP contribution in [0.4, 0.5) is 0 Å². The number of H-pyrrole nitrogens is 1. The van der Waals surface area contributed by atoms with Crippen LogP contribution in [0.25, 0.3) is 5.57 Å². The van der Waals surface area contributed by atoms with Crippen molar-refractivity contribution in [3.63, 3.8) is 0 Å². The maximum atomic E-state index is 13.1. The van der Waals surface area contributed by atoms with Gasteiger partial charge in [-0.05, 0) is 47.7 Å². The third kappa shape index (κ3) is 5.76. The number of carbonyl (C=O) groups is 2. The van der Waals surface area contributed by atoms with Gasteiger partial charge in [0, 0.05) is 18.5 Å². The van der Waals surface area contributed by atoms with E-state index >= 15 is 0 Å². The van der Waals surface area contributed by atoms with Crippen molar-refractivity contribution in [2.75, 3.05) is 6.54 Å². The van der Waals surface area contributed by atoms with Crippen LogP contribution in [0.15, 0.2) is 21.8 Å². The van der Waals surface area contributed by atoms with Crippen molar-refractivity contribution in [2.24, 2.45) is 5.92 Å². The van der Waals surface area contributed by atoms with E-state index < -0.39 is 6.04 Å². The van der Waals surface area contributed by atoms with E-state index in [1.807, 2.05) is 38.7 Å². The number of allylic oxidation sites excluding steroid dienone is 4. The minimum Gasteiger partial charge on any atom is -0.344 e. The van der Waals surface area contributed by atoms with E-state index in [1.54, 1.807) is 6.20 Å². The topological polar surface area (TPSA) is 78.1 Å². The largest absolute Gasteiger partial charge is 0.344 e. The van der Waals surface area contributed by atoms with Gasteiger partial charge < -0.3 is 15.2 Å². The summed E-state index contributed by atoms with van der Waals surface area (Å²) < 4.78 is 1.09. The van der Waals surface area contributed by atoms with Gasteiger partial charge >= 0.3 is 0 Å². The summed E-state index contributed by atoms with van der Waals surface area (Å²) in [6, 6.07) is -0.632. The first-order chi connectivity index (χ1) is 14.3. The zero-order valence-electron chi connectivity index (χ0n) is 18.4. The van der Waals surface area contributed by atoms with Gasteiger partial charge in [-0.3, -0.25) is 9.59 Å². The third-order valence-electron chi connectivity index (χ3n) is 5.25. The summed E-state index contributed by atoms with van der Waals surface area (Å²) in [6.45, 7) is 9.99. The molecule has 8 heteroatoms. The van der Waals surface area contributed by atoms with Crippen molar-refractivity contribution in [1.29, 1.82) is 0 Å². The molecule has 1 fully saturated rings. The zero-order chi connectivity index (χ0) is 22.4. The molecule has 2 heterocycles. The molecule has 1 aliphatic heterocycles. The molecule has 2 aliphatic rings. The maximum absolute atomic E-state index is 13.1. The van der Waals surface area contributed by atoms with Crippen molar-refractivity contribution in [2.45, 2.75) is 72.4 Å². The number of aromatic amines is 1. The molecule has 1 aromatic rings. The van der Waals surface area contributed by atoms with Crippen LogP contribution in [-0.4, -0.2) is 39.3 Å². The lowest BCUT2D eigenvalue weighted by atomic mass is 10.0. The van der Waals surface area contributed by atoms with Gasteiger partial charge in [0.05, 0.1) is 17.9 Å². The molecule has 6 nitrogen and oxygen atoms in total. The van der Waals surface area contributed by atoms with Gasteiger partial charge in [-0.1, -0.05) is 55.2 Å². The van der Waals surface area contributed by atoms with Gasteiger partial charge in [0.25, 0.3) is 0 Å². The number of imidazole rings is 1. The molecule has 2 amide bonds. The number of hydrogen-bond donors (Lipinski definition) is 2. The number of nitrogens with one attached hydrogen (secondary N) is 2. The lowest BCUT2D eigenvalue weighted by molar-refractivity contribution is -0.138. The predicted octanol–water partition coefficient (Wildman–Crippen LogP) is 5.28. The number of aromatic nitrogens is 2. The molecule has 1 saturated heterocycles. The normalized spacial score (nSPS) is 19.9. The zero-order valence-corrected chi connectivity index (χ0v) is 20.7. The first-order valence-electron chi connectivity index (χ1n) is 10.7. The highest BCUT2D eigenvalue weighted by molar-refractivity contribution is 9.11. The SMILES string of the molecule is CC.CC(=O)NC(C(=O)N1CCCC1c1ncc(C2=C(Cl)C=C(Br)CC2)[nH]1)C(C)C. The van der Waals surface area contributed by atoms with Crippen LogP contribution < -0.4 is 5.32 Å². The molecule has 0 bridgehead atoms. The van der Waals surface area contributed by atoms with Gasteiger partial charge in [0.2, 0.25) is 11.8 Å². The van der Waals surface area contributed by atoms with Gasteiger partial charge in [-0.2, -0.15) is 0 Å². The lowest BCUT2D eigenvalue weighted by Gasteiger charge is -2.30. The summed E-state index contributed by atoms with van der Waals surface area (Å²) in [6.07, 6.45) is 7.23. The predicted molar refractivity (Wildman–Crippen MR) is 125 cm³/mol. The fourth-order valence-corrected chi connectivity index (χ4v) is 4.70. The van der Waals surface area contributed by atoms with E-state index in [2.05, 4.69) is 31.2 Å². The Kier molecular flexibility index (Phi) is 9.16. The highest BCUT2D eigenvalue weighted by atomic mass is 79.9. The highest BCUT2D eigenvalue weighted by Gasteiger charge is 2.37. The first-order valence-corrected chi connectivity index (χ1v) is 11.8. The molecule has 0 saturated carbocycles. The van der Waals surface area contributed by atoms with E-state index in [0.717, 1.165) is 47.3 Å². The Morgan fingerprint density at radius 1 is 1.33 bits per heavy atom. The molecule has 2 unspecified atom stereocenters. The Hall–Kier alpha value is -1.60. The number of likely N-dealkylation sites (tertiary alicyclic amines) is 1. The summed E-state index contributed by atoms with van der Waals surface area (Å²) in [5.41, 5.74) is 1.94. The monoisotopic (exact) mass is 498 g/mol. The molecular weight excluding hydrogens is 468 g/mol. The van der Waals surface area contributed by atoms with Crippen LogP contribution in [0, 0.1) is 5.92 Å². The standard InChI is InChI=1S/C20H26BrClN4O2.C2H6/c1-11(2)18(24-12(3)27)20(28)26-8-4-5-17(26)19-23-10-16(25-19)14-7-6-13(21)9-15(14)22;1-2/h9-11,17-18H,4-8H2,1-3H3,(H,23,25)(H,24,27);1-2H3. The Morgan fingerprint density at radius 2 is 2.03 bits per heavy atom. The molecule has 1 aliphatic carbocycles. The van der Waals surface area contributed by atoms with Crippen molar-refractivity contribution in [3.05, 3.63) is 33.3 Å². The van der Waals surface area contributed by atoms with Gasteiger partial charge in [0.1, 0.15) is 11.9 Å². The number of amides is 2. The van der Waals surface area contributed by atoms with Crippen molar-refractivity contribution >= 4 is 44.9 Å². The van der Waals surface area contributed by atoms with E-state index in [4.69, 9.17) is 11.6 Å². The molecule has 2 atom stereocenters. The number of carbonyl (C=O) groups excluding carboxylic acids is 2. The molecule has 0 aromatic carbocycles. The van der Waals surface area contributed by atoms with Crippen molar-refractivity contribution in [1.82, 2.24) is 20.2 Å². The second kappa shape index (κ2) is 11.1. The molecular formula is C22H32BrClN4O2. The Bertz CT molecular complexity index is 831. The average Bonchev–Trinajstić information content (AvgIpc) is 3.36. The van der Waals surface area contributed by atoms with Gasteiger partial charge in [0.15, 0.2) is 0 Å². The third-order valence-corrected chi connectivity index (χ3v) is 6.21. The summed E-state index contributed by atoms with van der Waals surface area (Å²) in [5.74, 6) is 0.548. The smallest absolute Gasteiger partial charge is 0.246 e. The summed E-state index contributed by atoms with van der Waals surface area (Å²) >= 11 is 9.90. The summed E-state index contributed by atoms with van der Waals surface area (Å²) in [7, 11) is 0. The van der Waals surface area contributed by atoms with Gasteiger partial charge in [-0.15, -0.1) is 0 Å². The maximum Gasteiger partial charge on any atom is 0.246 e. The summed E-state index contributed by atoms with van der Waals surface area (Å²) in [4.78, 5) is 34.5. The van der Waals surface area contributed by atoms with E-state index in [9.17, 15) is 9.59 Å². The molecule has 166 valence electrons. The molecule has 0 spiro atoms. The van der Waals surface area contributed by atoms with E-state index in [-0.39, 0.29) is 23.8 Å². The van der Waals surface area contributed by atoms with E-state index in [1.165, 1.54) is 6.92 Å². The number of hydrogen-bond acceptors (Lipinski definition) is 3. The Balaban J connectivity index is 0.00000155. The molecule has 3 rings (SSSR count). The number of nitrogens with zero attached hydrogens (tertiary/aromatic N) is 2. The molecule has 1 aromatic heterocycles. The number of halogens is 2. The lowest BCUT2D eigenvalue weighted by Crippen LogP contribution is -2.50. The Morgan fingerprint density at radius 3 is 2.63 bits per heavy atom. The quantitative estimate of drug-likeness (QED) is 0.578.